The molecule has 0 spiro atoms. The molecule has 152 valence electrons. The fraction of sp³-hybridized carbons (Fsp3) is 0.364. The minimum Gasteiger partial charge on any atom is -0.348 e. The van der Waals surface area contributed by atoms with Gasteiger partial charge in [0, 0.05) is 37.3 Å². The normalized spacial score (nSPS) is 16.8. The summed E-state index contributed by atoms with van der Waals surface area (Å²) in [5.41, 5.74) is 2.23. The second-order valence-electron chi connectivity index (χ2n) is 7.73. The zero-order valence-electron chi connectivity index (χ0n) is 16.4. The molecule has 2 aromatic carbocycles. The van der Waals surface area contributed by atoms with Crippen molar-refractivity contribution in [2.24, 2.45) is 0 Å². The highest BCUT2D eigenvalue weighted by molar-refractivity contribution is 5.94. The van der Waals surface area contributed by atoms with E-state index in [0.29, 0.717) is 5.56 Å². The Hall–Kier alpha value is -2.93. The second kappa shape index (κ2) is 8.21. The predicted octanol–water partition coefficient (Wildman–Crippen LogP) is 2.92. The Bertz CT molecular complexity index is 1050. The Balaban J connectivity index is 1.32. The van der Waals surface area contributed by atoms with Crippen LogP contribution in [-0.4, -0.2) is 46.0 Å². The van der Waals surface area contributed by atoms with Crippen LogP contribution in [0.2, 0.25) is 0 Å². The largest absolute Gasteiger partial charge is 0.348 e. The van der Waals surface area contributed by atoms with Gasteiger partial charge in [-0.2, -0.15) is 0 Å². The van der Waals surface area contributed by atoms with Gasteiger partial charge in [-0.25, -0.2) is 9.18 Å². The first-order valence-corrected chi connectivity index (χ1v) is 9.99. The number of piperidine rings is 1. The van der Waals surface area contributed by atoms with E-state index >= 15 is 0 Å². The van der Waals surface area contributed by atoms with Crippen molar-refractivity contribution in [3.05, 3.63) is 70.4 Å². The van der Waals surface area contributed by atoms with Gasteiger partial charge in [-0.15, -0.1) is 0 Å². The Morgan fingerprint density at radius 3 is 2.59 bits per heavy atom. The molecule has 1 aliphatic heterocycles. The van der Waals surface area contributed by atoms with E-state index in [1.165, 1.54) is 24.3 Å². The number of aromatic amines is 1. The maximum atomic E-state index is 13.0. The lowest BCUT2D eigenvalue weighted by Crippen LogP contribution is -2.45. The number of nitrogens with zero attached hydrogens (tertiary/aromatic N) is 2. The Morgan fingerprint density at radius 2 is 1.86 bits per heavy atom. The highest BCUT2D eigenvalue weighted by atomic mass is 19.1. The van der Waals surface area contributed by atoms with Crippen molar-refractivity contribution < 1.29 is 9.18 Å². The fourth-order valence-electron chi connectivity index (χ4n) is 4.14. The quantitative estimate of drug-likeness (QED) is 0.697. The smallest absolute Gasteiger partial charge is 0.326 e. The van der Waals surface area contributed by atoms with E-state index in [4.69, 9.17) is 0 Å². The number of H-pyrrole nitrogens is 1. The van der Waals surface area contributed by atoms with E-state index < -0.39 is 0 Å². The zero-order chi connectivity index (χ0) is 20.4. The molecule has 0 bridgehead atoms. The van der Waals surface area contributed by atoms with Gasteiger partial charge in [0.05, 0.1) is 11.0 Å². The third-order valence-electron chi connectivity index (χ3n) is 5.56. The monoisotopic (exact) mass is 396 g/mol. The van der Waals surface area contributed by atoms with E-state index in [0.717, 1.165) is 43.5 Å². The van der Waals surface area contributed by atoms with Crippen LogP contribution in [0.5, 0.6) is 0 Å². The van der Waals surface area contributed by atoms with Crippen molar-refractivity contribution in [1.29, 1.82) is 0 Å². The summed E-state index contributed by atoms with van der Waals surface area (Å²) in [6, 6.07) is 13.5. The molecule has 2 heterocycles. The molecule has 6 nitrogen and oxygen atoms in total. The van der Waals surface area contributed by atoms with E-state index in [-0.39, 0.29) is 29.5 Å². The molecular weight excluding hydrogens is 371 g/mol. The minimum absolute atomic E-state index is 0.0279. The van der Waals surface area contributed by atoms with Crippen LogP contribution < -0.4 is 11.0 Å². The van der Waals surface area contributed by atoms with Crippen LogP contribution in [0, 0.1) is 5.82 Å². The summed E-state index contributed by atoms with van der Waals surface area (Å²) in [7, 11) is 0. The number of nitrogens with one attached hydrogen (secondary N) is 2. The highest BCUT2D eigenvalue weighted by Gasteiger charge is 2.24. The van der Waals surface area contributed by atoms with Gasteiger partial charge < -0.3 is 15.2 Å². The van der Waals surface area contributed by atoms with Crippen LogP contribution in [0.1, 0.15) is 36.2 Å². The van der Waals surface area contributed by atoms with Crippen molar-refractivity contribution in [1.82, 2.24) is 19.8 Å². The molecule has 1 aromatic heterocycles. The van der Waals surface area contributed by atoms with Crippen LogP contribution in [0.4, 0.5) is 4.39 Å². The van der Waals surface area contributed by atoms with Gasteiger partial charge in [0.1, 0.15) is 5.82 Å². The molecule has 1 amide bonds. The van der Waals surface area contributed by atoms with Crippen molar-refractivity contribution in [2.75, 3.05) is 19.6 Å². The number of benzene rings is 2. The summed E-state index contributed by atoms with van der Waals surface area (Å²) in [6.45, 7) is 4.45. The zero-order valence-corrected chi connectivity index (χ0v) is 16.4. The molecule has 0 unspecified atom stereocenters. The number of hydrogen-bond donors (Lipinski definition) is 2. The van der Waals surface area contributed by atoms with E-state index in [1.54, 1.807) is 0 Å². The van der Waals surface area contributed by atoms with Crippen molar-refractivity contribution in [3.63, 3.8) is 0 Å². The lowest BCUT2D eigenvalue weighted by Gasteiger charge is -2.34. The summed E-state index contributed by atoms with van der Waals surface area (Å²) in [6.07, 6.45) is 1.78. The number of fused-ring (bicyclic) bond motifs is 1. The Labute approximate surface area is 168 Å². The lowest BCUT2D eigenvalue weighted by atomic mass is 10.0. The van der Waals surface area contributed by atoms with Gasteiger partial charge in [-0.3, -0.25) is 9.36 Å². The van der Waals surface area contributed by atoms with E-state index in [1.807, 2.05) is 35.8 Å². The number of rotatable bonds is 5. The summed E-state index contributed by atoms with van der Waals surface area (Å²) in [5, 5.41) is 2.97. The Morgan fingerprint density at radius 1 is 1.17 bits per heavy atom. The van der Waals surface area contributed by atoms with Crippen LogP contribution in [0.25, 0.3) is 11.0 Å². The molecule has 4 rings (SSSR count). The average molecular weight is 396 g/mol. The van der Waals surface area contributed by atoms with E-state index in [9.17, 15) is 14.0 Å². The van der Waals surface area contributed by atoms with Crippen molar-refractivity contribution >= 4 is 16.9 Å². The second-order valence-corrected chi connectivity index (χ2v) is 7.73. The van der Waals surface area contributed by atoms with Crippen LogP contribution in [0.3, 0.4) is 0 Å². The van der Waals surface area contributed by atoms with Gasteiger partial charge in [-0.05, 0) is 56.2 Å². The average Bonchev–Trinajstić information content (AvgIpc) is 3.04. The fourth-order valence-corrected chi connectivity index (χ4v) is 4.14. The molecule has 0 saturated carbocycles. The van der Waals surface area contributed by atoms with Gasteiger partial charge in [0.15, 0.2) is 0 Å². The SMILES string of the molecule is C[C@@H](CN1CCC(n2c(=O)[nH]c3ccccc32)CC1)NC(=O)c1ccc(F)cc1. The van der Waals surface area contributed by atoms with Crippen molar-refractivity contribution in [2.45, 2.75) is 31.8 Å². The molecule has 0 radical (unpaired) electrons. The number of carbonyl (C=O) groups is 1. The first-order valence-electron chi connectivity index (χ1n) is 9.99. The summed E-state index contributed by atoms with van der Waals surface area (Å²) >= 11 is 0. The third-order valence-corrected chi connectivity index (χ3v) is 5.56. The Kier molecular flexibility index (Phi) is 5.49. The maximum Gasteiger partial charge on any atom is 0.326 e. The molecule has 1 fully saturated rings. The molecular formula is C22H25FN4O2. The summed E-state index contributed by atoms with van der Waals surface area (Å²) < 4.78 is 14.9. The van der Waals surface area contributed by atoms with Gasteiger partial charge in [0.25, 0.3) is 5.91 Å². The van der Waals surface area contributed by atoms with Gasteiger partial charge in [-0.1, -0.05) is 12.1 Å². The number of hydrogen-bond acceptors (Lipinski definition) is 3. The molecule has 3 aromatic rings. The molecule has 1 atom stereocenters. The standard InChI is InChI=1S/C22H25FN4O2/c1-15(24-21(28)16-6-8-17(23)9-7-16)14-26-12-10-18(11-13-26)27-20-5-3-2-4-19(20)25-22(27)29/h2-9,15,18H,10-14H2,1H3,(H,24,28)(H,25,29)/t15-/m0/s1. The molecule has 1 saturated heterocycles. The molecule has 29 heavy (non-hydrogen) atoms. The number of para-hydroxylation sites is 2. The molecule has 1 aliphatic rings. The number of likely N-dealkylation sites (tertiary alicyclic amines) is 1. The molecule has 0 aliphatic carbocycles. The number of imidazole rings is 1. The van der Waals surface area contributed by atoms with Crippen LogP contribution in [0.15, 0.2) is 53.3 Å². The van der Waals surface area contributed by atoms with Crippen LogP contribution >= 0.6 is 0 Å². The van der Waals surface area contributed by atoms with Crippen LogP contribution in [-0.2, 0) is 0 Å². The minimum atomic E-state index is -0.355. The van der Waals surface area contributed by atoms with Gasteiger partial charge >= 0.3 is 5.69 Å². The number of carbonyl (C=O) groups excluding carboxylic acids is 1. The third kappa shape index (κ3) is 4.24. The molecule has 7 heteroatoms. The number of amides is 1. The summed E-state index contributed by atoms with van der Waals surface area (Å²) in [4.78, 5) is 29.9. The maximum absolute atomic E-state index is 13.0. The van der Waals surface area contributed by atoms with E-state index in [2.05, 4.69) is 15.2 Å². The highest BCUT2D eigenvalue weighted by Crippen LogP contribution is 2.24. The predicted molar refractivity (Wildman–Crippen MR) is 111 cm³/mol. The number of aromatic nitrogens is 2. The van der Waals surface area contributed by atoms with Crippen molar-refractivity contribution in [3.8, 4) is 0 Å². The first kappa shape index (κ1) is 19.4. The topological polar surface area (TPSA) is 70.1 Å². The summed E-state index contributed by atoms with van der Waals surface area (Å²) in [5.74, 6) is -0.551. The van der Waals surface area contributed by atoms with Gasteiger partial charge in [0.2, 0.25) is 0 Å². The molecule has 2 N–H and O–H groups in total. The first-order chi connectivity index (χ1) is 14.0. The lowest BCUT2D eigenvalue weighted by molar-refractivity contribution is 0.0921. The number of halogens is 1.